The topological polar surface area (TPSA) is 87.8 Å². The fraction of sp³-hybridized carbons (Fsp3) is 0.571. The first-order chi connectivity index (χ1) is 14.1. The van der Waals surface area contributed by atoms with Gasteiger partial charge in [0.15, 0.2) is 11.8 Å². The van der Waals surface area contributed by atoms with Gasteiger partial charge in [-0.15, -0.1) is 24.0 Å². The number of halogens is 1. The van der Waals surface area contributed by atoms with Gasteiger partial charge in [-0.3, -0.25) is 9.89 Å². The van der Waals surface area contributed by atoms with Crippen LogP contribution in [0.1, 0.15) is 57.1 Å². The number of ether oxygens (including phenoxy) is 1. The molecule has 2 aromatic rings. The summed E-state index contributed by atoms with van der Waals surface area (Å²) in [5.41, 5.74) is 1.28. The number of nitrogens with zero attached hydrogens (tertiary/aromatic N) is 4. The fourth-order valence-electron chi connectivity index (χ4n) is 3.20. The Morgan fingerprint density at radius 1 is 1.17 bits per heavy atom. The maximum absolute atomic E-state index is 5.49. The zero-order valence-corrected chi connectivity index (χ0v) is 20.9. The monoisotopic (exact) mass is 530 g/mol. The number of guanidine groups is 1. The Bertz CT molecular complexity index is 736. The summed E-state index contributed by atoms with van der Waals surface area (Å²) in [7, 11) is 1.75. The third-order valence-corrected chi connectivity index (χ3v) is 4.80. The first kappa shape index (κ1) is 26.3. The van der Waals surface area contributed by atoms with Crippen molar-refractivity contribution in [1.82, 2.24) is 25.7 Å². The number of hydrogen-bond donors (Lipinski definition) is 2. The quantitative estimate of drug-likeness (QED) is 0.261. The lowest BCUT2D eigenvalue weighted by molar-refractivity contribution is 0.0683. The highest BCUT2D eigenvalue weighted by Crippen LogP contribution is 2.19. The van der Waals surface area contributed by atoms with Crippen molar-refractivity contribution in [2.24, 2.45) is 4.99 Å². The highest BCUT2D eigenvalue weighted by atomic mass is 127. The van der Waals surface area contributed by atoms with Crippen LogP contribution in [0.2, 0.25) is 0 Å². The molecule has 0 aliphatic carbocycles. The second-order valence-corrected chi connectivity index (χ2v) is 6.60. The van der Waals surface area contributed by atoms with Gasteiger partial charge in [-0.25, -0.2) is 0 Å². The van der Waals surface area contributed by atoms with Crippen LogP contribution in [0, 0.1) is 0 Å². The number of nitrogens with one attached hydrogen (secondary N) is 2. The second-order valence-electron chi connectivity index (χ2n) is 6.60. The van der Waals surface area contributed by atoms with Crippen LogP contribution in [0.15, 0.2) is 39.8 Å². The van der Waals surface area contributed by atoms with Crippen molar-refractivity contribution < 1.29 is 9.26 Å². The predicted molar refractivity (Wildman–Crippen MR) is 130 cm³/mol. The van der Waals surface area contributed by atoms with Crippen LogP contribution < -0.4 is 10.6 Å². The summed E-state index contributed by atoms with van der Waals surface area (Å²) in [6, 6.07) is 10.8. The molecule has 2 unspecified atom stereocenters. The van der Waals surface area contributed by atoms with E-state index in [0.717, 1.165) is 19.6 Å². The lowest BCUT2D eigenvalue weighted by Crippen LogP contribution is -2.43. The first-order valence-corrected chi connectivity index (χ1v) is 10.3. The van der Waals surface area contributed by atoms with Crippen LogP contribution in [0.3, 0.4) is 0 Å². The van der Waals surface area contributed by atoms with Gasteiger partial charge < -0.3 is 19.9 Å². The Labute approximate surface area is 196 Å². The maximum atomic E-state index is 5.49. The van der Waals surface area contributed by atoms with Gasteiger partial charge >= 0.3 is 0 Å². The van der Waals surface area contributed by atoms with Crippen LogP contribution in [-0.2, 0) is 11.3 Å². The van der Waals surface area contributed by atoms with Crippen molar-refractivity contribution in [3.8, 4) is 0 Å². The molecule has 2 atom stereocenters. The lowest BCUT2D eigenvalue weighted by Gasteiger charge is -2.30. The molecule has 8 nitrogen and oxygen atoms in total. The summed E-state index contributed by atoms with van der Waals surface area (Å²) < 4.78 is 10.8. The van der Waals surface area contributed by atoms with Gasteiger partial charge in [0.1, 0.15) is 6.10 Å². The Balaban J connectivity index is 0.00000450. The van der Waals surface area contributed by atoms with Crippen LogP contribution >= 0.6 is 24.0 Å². The summed E-state index contributed by atoms with van der Waals surface area (Å²) in [4.78, 5) is 11.1. The van der Waals surface area contributed by atoms with Crippen molar-refractivity contribution in [2.45, 2.75) is 46.4 Å². The van der Waals surface area contributed by atoms with Crippen LogP contribution in [0.5, 0.6) is 0 Å². The van der Waals surface area contributed by atoms with Gasteiger partial charge in [0, 0.05) is 20.2 Å². The summed E-state index contributed by atoms with van der Waals surface area (Å²) in [5.74, 6) is 1.74. The molecule has 9 heteroatoms. The van der Waals surface area contributed by atoms with Gasteiger partial charge in [-0.1, -0.05) is 49.3 Å². The molecule has 1 aromatic carbocycles. The molecule has 168 valence electrons. The van der Waals surface area contributed by atoms with Crippen LogP contribution in [-0.4, -0.2) is 54.3 Å². The van der Waals surface area contributed by atoms with E-state index in [9.17, 15) is 0 Å². The largest absolute Gasteiger partial charge is 0.371 e. The Hall–Kier alpha value is -1.72. The molecule has 0 amide bonds. The van der Waals surface area contributed by atoms with Crippen molar-refractivity contribution in [3.05, 3.63) is 47.6 Å². The van der Waals surface area contributed by atoms with Crippen LogP contribution in [0.4, 0.5) is 0 Å². The van der Waals surface area contributed by atoms with E-state index >= 15 is 0 Å². The molecule has 2 N–H and O–H groups in total. The molecule has 0 saturated carbocycles. The number of likely N-dealkylation sites (N-methyl/N-ethyl adjacent to an activating group) is 1. The minimum atomic E-state index is -0.185. The molecule has 0 radical (unpaired) electrons. The molecule has 2 rings (SSSR count). The van der Waals surface area contributed by atoms with Gasteiger partial charge in [-0.05, 0) is 32.5 Å². The first-order valence-electron chi connectivity index (χ1n) is 10.3. The number of aliphatic imine (C=N–C) groups is 1. The molecule has 1 aromatic heterocycles. The van der Waals surface area contributed by atoms with Gasteiger partial charge in [0.2, 0.25) is 5.89 Å². The summed E-state index contributed by atoms with van der Waals surface area (Å²) in [6.07, 6.45) is -0.185. The molecule has 0 aliphatic rings. The van der Waals surface area contributed by atoms with E-state index in [0.29, 0.717) is 30.8 Å². The summed E-state index contributed by atoms with van der Waals surface area (Å²) in [5, 5.41) is 10.6. The van der Waals surface area contributed by atoms with E-state index in [1.807, 2.05) is 19.9 Å². The van der Waals surface area contributed by atoms with Crippen LogP contribution in [0.25, 0.3) is 0 Å². The standard InChI is InChI=1S/C21H34N6O2.HI/c1-6-27(7-2)18(17-12-10-9-11-13-17)14-23-21(22-5)24-15-19-25-20(26-29-19)16(4)28-8-3;/h9-13,16,18H,6-8,14-15H2,1-5H3,(H2,22,23,24);1H. The predicted octanol–water partition coefficient (Wildman–Crippen LogP) is 3.53. The number of aromatic nitrogens is 2. The SMILES string of the molecule is CCOC(C)c1noc(CNC(=NC)NCC(c2ccccc2)N(CC)CC)n1.I. The zero-order valence-electron chi connectivity index (χ0n) is 18.6. The molecule has 1 heterocycles. The molecule has 0 bridgehead atoms. The smallest absolute Gasteiger partial charge is 0.246 e. The van der Waals surface area contributed by atoms with Crippen molar-refractivity contribution >= 4 is 29.9 Å². The fourth-order valence-corrected chi connectivity index (χ4v) is 3.20. The average molecular weight is 530 g/mol. The second kappa shape index (κ2) is 14.3. The third-order valence-electron chi connectivity index (χ3n) is 4.80. The lowest BCUT2D eigenvalue weighted by atomic mass is 10.1. The highest BCUT2D eigenvalue weighted by Gasteiger charge is 2.18. The minimum Gasteiger partial charge on any atom is -0.371 e. The van der Waals surface area contributed by atoms with E-state index in [1.165, 1.54) is 5.56 Å². The highest BCUT2D eigenvalue weighted by molar-refractivity contribution is 14.0. The van der Waals surface area contributed by atoms with Gasteiger partial charge in [-0.2, -0.15) is 4.98 Å². The van der Waals surface area contributed by atoms with Gasteiger partial charge in [0.25, 0.3) is 0 Å². The van der Waals surface area contributed by atoms with E-state index in [4.69, 9.17) is 9.26 Å². The minimum absolute atomic E-state index is 0. The molecule has 0 aliphatic heterocycles. The third kappa shape index (κ3) is 7.84. The number of hydrogen-bond acceptors (Lipinski definition) is 6. The van der Waals surface area contributed by atoms with E-state index in [1.54, 1.807) is 7.05 Å². The van der Waals surface area contributed by atoms with E-state index < -0.39 is 0 Å². The molecule has 0 spiro atoms. The zero-order chi connectivity index (χ0) is 21.1. The van der Waals surface area contributed by atoms with Crippen molar-refractivity contribution in [3.63, 3.8) is 0 Å². The average Bonchev–Trinajstić information content (AvgIpc) is 3.23. The molecular formula is C21H35IN6O2. The van der Waals surface area contributed by atoms with E-state index in [2.05, 4.69) is 68.8 Å². The summed E-state index contributed by atoms with van der Waals surface area (Å²) in [6.45, 7) is 11.9. The normalized spacial score (nSPS) is 13.6. The van der Waals surface area contributed by atoms with E-state index in [-0.39, 0.29) is 36.1 Å². The molecule has 0 fully saturated rings. The molecule has 30 heavy (non-hydrogen) atoms. The Kier molecular flexibility index (Phi) is 12.6. The van der Waals surface area contributed by atoms with Gasteiger partial charge in [0.05, 0.1) is 12.6 Å². The van der Waals surface area contributed by atoms with Crippen molar-refractivity contribution in [1.29, 1.82) is 0 Å². The molecular weight excluding hydrogens is 495 g/mol. The molecule has 0 saturated heterocycles. The maximum Gasteiger partial charge on any atom is 0.246 e. The Morgan fingerprint density at radius 2 is 1.87 bits per heavy atom. The van der Waals surface area contributed by atoms with Crippen molar-refractivity contribution in [2.75, 3.05) is 33.3 Å². The number of rotatable bonds is 11. The Morgan fingerprint density at radius 3 is 2.47 bits per heavy atom. The number of benzene rings is 1. The summed E-state index contributed by atoms with van der Waals surface area (Å²) >= 11 is 0.